The largest absolute Gasteiger partial charge is 0.271 e. The number of rotatable bonds is 6. The van der Waals surface area contributed by atoms with Crippen molar-refractivity contribution in [2.75, 3.05) is 5.43 Å². The summed E-state index contributed by atoms with van der Waals surface area (Å²) in [6, 6.07) is 13.0. The number of anilines is 1. The highest BCUT2D eigenvalue weighted by molar-refractivity contribution is 6.39. The molecule has 3 rings (SSSR count). The lowest BCUT2D eigenvalue weighted by Crippen LogP contribution is -2.18. The molecule has 1 heterocycles. The average molecular weight is 516 g/mol. The van der Waals surface area contributed by atoms with Crippen LogP contribution in [0.5, 0.6) is 0 Å². The van der Waals surface area contributed by atoms with Gasteiger partial charge in [-0.1, -0.05) is 70.1 Å². The molecule has 1 amide bonds. The Bertz CT molecular complexity index is 1140. The van der Waals surface area contributed by atoms with Crippen LogP contribution in [-0.4, -0.2) is 23.3 Å². The molecule has 0 unspecified atom stereocenters. The summed E-state index contributed by atoms with van der Waals surface area (Å²) >= 11 is 30.3. The van der Waals surface area contributed by atoms with Crippen molar-refractivity contribution in [3.8, 4) is 0 Å². The Morgan fingerprint density at radius 2 is 1.32 bits per heavy atom. The van der Waals surface area contributed by atoms with Crippen LogP contribution in [0.2, 0.25) is 25.2 Å². The number of nitrogens with zero attached hydrogens (tertiary/aromatic N) is 3. The van der Waals surface area contributed by atoms with Gasteiger partial charge in [-0.25, -0.2) is 10.4 Å². The number of carbonyl (C=O) groups is 1. The van der Waals surface area contributed by atoms with Gasteiger partial charge in [-0.05, 0) is 36.4 Å². The van der Waals surface area contributed by atoms with Gasteiger partial charge < -0.3 is 0 Å². The molecule has 0 fully saturated rings. The van der Waals surface area contributed by atoms with E-state index in [0.29, 0.717) is 31.2 Å². The standard InChI is InChI=1S/C20H12Cl5N5O/c21-14-3-1-4-15(22)12(14)9-26-29-19-8-11(7-18(25)28-19)20(31)30-27-10-13-16(23)5-2-6-17(13)24/h1-10H,(H,28,29)(H,30,31)/b26-9+,27-10+. The van der Waals surface area contributed by atoms with Crippen molar-refractivity contribution >= 4 is 82.2 Å². The molecule has 2 N–H and O–H groups in total. The lowest BCUT2D eigenvalue weighted by atomic mass is 10.2. The summed E-state index contributed by atoms with van der Waals surface area (Å²) in [5.74, 6) is -0.292. The summed E-state index contributed by atoms with van der Waals surface area (Å²) in [5, 5.41) is 9.69. The van der Waals surface area contributed by atoms with E-state index >= 15 is 0 Å². The number of hydrazone groups is 2. The fourth-order valence-corrected chi connectivity index (χ4v) is 3.53. The van der Waals surface area contributed by atoms with Crippen molar-refractivity contribution in [3.05, 3.63) is 90.5 Å². The van der Waals surface area contributed by atoms with Crippen LogP contribution >= 0.6 is 58.0 Å². The molecule has 0 aliphatic heterocycles. The predicted octanol–water partition coefficient (Wildman–Crippen LogP) is 6.56. The molecule has 0 radical (unpaired) electrons. The van der Waals surface area contributed by atoms with Gasteiger partial charge in [0.2, 0.25) is 0 Å². The van der Waals surface area contributed by atoms with Gasteiger partial charge in [-0.15, -0.1) is 0 Å². The van der Waals surface area contributed by atoms with Crippen molar-refractivity contribution in [3.63, 3.8) is 0 Å². The maximum absolute atomic E-state index is 12.4. The van der Waals surface area contributed by atoms with E-state index in [9.17, 15) is 4.79 Å². The first kappa shape index (κ1) is 23.3. The van der Waals surface area contributed by atoms with E-state index in [-0.39, 0.29) is 16.5 Å². The number of halogens is 5. The Morgan fingerprint density at radius 1 is 0.806 bits per heavy atom. The molecule has 11 heteroatoms. The van der Waals surface area contributed by atoms with Crippen LogP contribution in [0.1, 0.15) is 21.5 Å². The molecule has 0 bridgehead atoms. The first-order chi connectivity index (χ1) is 14.8. The van der Waals surface area contributed by atoms with Crippen LogP contribution in [-0.2, 0) is 0 Å². The summed E-state index contributed by atoms with van der Waals surface area (Å²) in [6.07, 6.45) is 2.78. The van der Waals surface area contributed by atoms with Crippen LogP contribution in [0.15, 0.2) is 58.7 Å². The fourth-order valence-electron chi connectivity index (χ4n) is 2.34. The number of aromatic nitrogens is 1. The van der Waals surface area contributed by atoms with Crippen molar-refractivity contribution in [1.29, 1.82) is 0 Å². The summed E-state index contributed by atoms with van der Waals surface area (Å²) in [4.78, 5) is 16.5. The highest BCUT2D eigenvalue weighted by atomic mass is 35.5. The van der Waals surface area contributed by atoms with E-state index in [0.717, 1.165) is 0 Å². The first-order valence-corrected chi connectivity index (χ1v) is 10.4. The van der Waals surface area contributed by atoms with Gasteiger partial charge in [0, 0.05) is 16.7 Å². The Kier molecular flexibility index (Phi) is 8.12. The van der Waals surface area contributed by atoms with Crippen LogP contribution in [0.4, 0.5) is 5.82 Å². The van der Waals surface area contributed by atoms with Crippen LogP contribution in [0, 0.1) is 0 Å². The molecule has 0 aliphatic rings. The van der Waals surface area contributed by atoms with Gasteiger partial charge in [-0.2, -0.15) is 10.2 Å². The summed E-state index contributed by atoms with van der Waals surface area (Å²) < 4.78 is 0. The third-order valence-corrected chi connectivity index (χ3v) is 5.30. The zero-order valence-electron chi connectivity index (χ0n) is 15.4. The zero-order valence-corrected chi connectivity index (χ0v) is 19.2. The number of benzene rings is 2. The monoisotopic (exact) mass is 513 g/mol. The predicted molar refractivity (Wildman–Crippen MR) is 128 cm³/mol. The lowest BCUT2D eigenvalue weighted by Gasteiger charge is -2.05. The van der Waals surface area contributed by atoms with Gasteiger partial charge in [0.1, 0.15) is 11.0 Å². The van der Waals surface area contributed by atoms with Crippen molar-refractivity contribution in [2.24, 2.45) is 10.2 Å². The number of hydrogen-bond acceptors (Lipinski definition) is 5. The fraction of sp³-hybridized carbons (Fsp3) is 0. The Balaban J connectivity index is 1.71. The Hall–Kier alpha value is -2.35. The molecule has 158 valence electrons. The number of carbonyl (C=O) groups excluding carboxylic acids is 1. The Morgan fingerprint density at radius 3 is 1.87 bits per heavy atom. The number of hydrogen-bond donors (Lipinski definition) is 2. The quantitative estimate of drug-likeness (QED) is 0.222. The van der Waals surface area contributed by atoms with E-state index in [1.807, 2.05) is 0 Å². The third-order valence-electron chi connectivity index (χ3n) is 3.79. The van der Waals surface area contributed by atoms with Crippen molar-refractivity contribution in [1.82, 2.24) is 10.4 Å². The van der Waals surface area contributed by atoms with Gasteiger partial charge in [0.05, 0.1) is 32.5 Å². The molecule has 0 saturated heterocycles. The van der Waals surface area contributed by atoms with E-state index < -0.39 is 5.91 Å². The summed E-state index contributed by atoms with van der Waals surface area (Å²) in [5.41, 5.74) is 6.28. The van der Waals surface area contributed by atoms with Crippen LogP contribution in [0.25, 0.3) is 0 Å². The average Bonchev–Trinajstić information content (AvgIpc) is 2.72. The molecule has 6 nitrogen and oxygen atoms in total. The molecule has 1 aromatic heterocycles. The number of pyridine rings is 1. The Labute approximate surface area is 202 Å². The van der Waals surface area contributed by atoms with E-state index in [2.05, 4.69) is 26.0 Å². The second-order valence-corrected chi connectivity index (χ2v) is 7.92. The van der Waals surface area contributed by atoms with E-state index in [1.165, 1.54) is 24.6 Å². The maximum Gasteiger partial charge on any atom is 0.271 e. The molecular formula is C20H12Cl5N5O. The molecular weight excluding hydrogens is 504 g/mol. The molecule has 0 spiro atoms. The minimum absolute atomic E-state index is 0.0826. The van der Waals surface area contributed by atoms with Gasteiger partial charge in [0.15, 0.2) is 0 Å². The highest BCUT2D eigenvalue weighted by Gasteiger charge is 2.09. The van der Waals surface area contributed by atoms with E-state index in [4.69, 9.17) is 58.0 Å². The minimum atomic E-state index is -0.523. The normalized spacial score (nSPS) is 11.3. The van der Waals surface area contributed by atoms with Crippen LogP contribution in [0.3, 0.4) is 0 Å². The number of amides is 1. The first-order valence-electron chi connectivity index (χ1n) is 8.53. The van der Waals surface area contributed by atoms with Crippen molar-refractivity contribution < 1.29 is 4.79 Å². The smallest absolute Gasteiger partial charge is 0.267 e. The minimum Gasteiger partial charge on any atom is -0.267 e. The molecule has 3 aromatic rings. The molecule has 2 aromatic carbocycles. The van der Waals surface area contributed by atoms with Crippen LogP contribution < -0.4 is 10.9 Å². The topological polar surface area (TPSA) is 78.7 Å². The van der Waals surface area contributed by atoms with Gasteiger partial charge in [-0.3, -0.25) is 10.2 Å². The number of nitrogens with one attached hydrogen (secondary N) is 2. The van der Waals surface area contributed by atoms with Gasteiger partial charge >= 0.3 is 0 Å². The summed E-state index contributed by atoms with van der Waals surface area (Å²) in [7, 11) is 0. The summed E-state index contributed by atoms with van der Waals surface area (Å²) in [6.45, 7) is 0. The molecule has 31 heavy (non-hydrogen) atoms. The lowest BCUT2D eigenvalue weighted by molar-refractivity contribution is 0.0955. The zero-order chi connectivity index (χ0) is 22.4. The molecule has 0 aliphatic carbocycles. The SMILES string of the molecule is O=C(N/N=C/c1c(Cl)cccc1Cl)c1cc(Cl)nc(N/N=C/c2c(Cl)cccc2Cl)c1. The molecule has 0 atom stereocenters. The second kappa shape index (κ2) is 10.8. The second-order valence-electron chi connectivity index (χ2n) is 5.90. The van der Waals surface area contributed by atoms with Gasteiger partial charge in [0.25, 0.3) is 5.91 Å². The van der Waals surface area contributed by atoms with E-state index in [1.54, 1.807) is 36.4 Å². The third kappa shape index (κ3) is 6.32. The maximum atomic E-state index is 12.4. The van der Waals surface area contributed by atoms with Crippen molar-refractivity contribution in [2.45, 2.75) is 0 Å². The highest BCUT2D eigenvalue weighted by Crippen LogP contribution is 2.23. The molecule has 0 saturated carbocycles.